The maximum absolute atomic E-state index is 15.2. The molecule has 1 saturated heterocycles. The summed E-state index contributed by atoms with van der Waals surface area (Å²) >= 11 is 0. The molecule has 3 aromatic rings. The first-order valence-electron chi connectivity index (χ1n) is 13.0. The number of hydrogen-bond donors (Lipinski definition) is 3. The Morgan fingerprint density at radius 2 is 1.86 bits per heavy atom. The van der Waals surface area contributed by atoms with Gasteiger partial charge in [0.15, 0.2) is 23.3 Å². The van der Waals surface area contributed by atoms with Gasteiger partial charge in [-0.15, -0.1) is 0 Å². The number of aliphatic hydroxyl groups is 1. The molecule has 0 radical (unpaired) electrons. The molecule has 1 fully saturated rings. The molecule has 0 saturated carbocycles. The number of benzene rings is 2. The number of aliphatic hydroxyl groups excluding tert-OH is 1. The number of nitrogen functional groups attached to an aromatic ring is 1. The Labute approximate surface area is 246 Å². The Balaban J connectivity index is 1.69. The fourth-order valence-electron chi connectivity index (χ4n) is 4.29. The number of halogens is 5. The molecule has 0 amide bonds. The largest absolute Gasteiger partial charge is 0.462 e. The van der Waals surface area contributed by atoms with Crippen molar-refractivity contribution in [3.05, 3.63) is 65.0 Å². The summed E-state index contributed by atoms with van der Waals surface area (Å²) in [6.07, 6.45) is -10.8. The van der Waals surface area contributed by atoms with Gasteiger partial charge in [0.05, 0.1) is 18.9 Å². The number of fused-ring (bicyclic) bond motifs is 1. The monoisotopic (exact) mass is 650 g/mol. The van der Waals surface area contributed by atoms with Crippen LogP contribution in [0.3, 0.4) is 0 Å². The number of nitrogens with one attached hydrogen (secondary N) is 1. The SMILES string of the molecule is CC(C)OC(=O)[C@H](C)NP(=O)(OC[C@@]1(C(F)F)O[C@@H](n2cc(F)c(N)nc2=O)C(F)(F)[C@@H]1O)Oc1ccc2ccccc2c1. The average molecular weight is 650 g/mol. The van der Waals surface area contributed by atoms with Gasteiger partial charge in [-0.25, -0.2) is 22.5 Å². The molecule has 1 aromatic heterocycles. The molecule has 18 heteroatoms. The van der Waals surface area contributed by atoms with Crippen LogP contribution in [0.2, 0.25) is 0 Å². The van der Waals surface area contributed by atoms with Crippen molar-refractivity contribution in [1.29, 1.82) is 0 Å². The number of rotatable bonds is 11. The molecular formula is C26H28F5N4O8P. The number of alkyl halides is 4. The van der Waals surface area contributed by atoms with E-state index in [1.54, 1.807) is 30.3 Å². The number of nitrogens with zero attached hydrogens (tertiary/aromatic N) is 2. The summed E-state index contributed by atoms with van der Waals surface area (Å²) in [5.74, 6) is -8.17. The molecule has 0 spiro atoms. The number of aromatic nitrogens is 2. The van der Waals surface area contributed by atoms with Gasteiger partial charge in [-0.1, -0.05) is 30.3 Å². The Kier molecular flexibility index (Phi) is 9.38. The first-order chi connectivity index (χ1) is 20.5. The van der Waals surface area contributed by atoms with E-state index in [4.69, 9.17) is 24.3 Å². The van der Waals surface area contributed by atoms with Gasteiger partial charge in [0.2, 0.25) is 6.23 Å². The molecule has 1 aliphatic heterocycles. The van der Waals surface area contributed by atoms with Gasteiger partial charge in [-0.05, 0) is 43.7 Å². The summed E-state index contributed by atoms with van der Waals surface area (Å²) in [7, 11) is -4.97. The summed E-state index contributed by atoms with van der Waals surface area (Å²) < 4.78 is 108. The maximum atomic E-state index is 15.2. The molecule has 240 valence electrons. The van der Waals surface area contributed by atoms with E-state index < -0.39 is 80.1 Å². The second-order valence-electron chi connectivity index (χ2n) is 10.2. The molecular weight excluding hydrogens is 622 g/mol. The molecule has 1 unspecified atom stereocenters. The zero-order chi connectivity index (χ0) is 32.6. The zero-order valence-corrected chi connectivity index (χ0v) is 24.2. The van der Waals surface area contributed by atoms with E-state index in [9.17, 15) is 32.4 Å². The number of hydrogen-bond acceptors (Lipinski definition) is 10. The molecule has 4 N–H and O–H groups in total. The second-order valence-corrected chi connectivity index (χ2v) is 11.9. The number of carbonyl (C=O) groups excluding carboxylic acids is 1. The van der Waals surface area contributed by atoms with Gasteiger partial charge in [0.1, 0.15) is 11.8 Å². The summed E-state index contributed by atoms with van der Waals surface area (Å²) in [4.78, 5) is 27.6. The van der Waals surface area contributed by atoms with Crippen molar-refractivity contribution in [2.75, 3.05) is 12.3 Å². The highest BCUT2D eigenvalue weighted by Crippen LogP contribution is 2.53. The van der Waals surface area contributed by atoms with Crippen LogP contribution in [-0.4, -0.2) is 63.4 Å². The van der Waals surface area contributed by atoms with E-state index in [0.29, 0.717) is 5.39 Å². The highest BCUT2D eigenvalue weighted by Gasteiger charge is 2.71. The predicted octanol–water partition coefficient (Wildman–Crippen LogP) is 3.78. The molecule has 12 nitrogen and oxygen atoms in total. The van der Waals surface area contributed by atoms with Crippen LogP contribution >= 0.6 is 7.75 Å². The predicted molar refractivity (Wildman–Crippen MR) is 145 cm³/mol. The topological polar surface area (TPSA) is 164 Å². The van der Waals surface area contributed by atoms with Crippen LogP contribution in [0, 0.1) is 5.82 Å². The van der Waals surface area contributed by atoms with Crippen molar-refractivity contribution in [2.24, 2.45) is 0 Å². The van der Waals surface area contributed by atoms with Crippen LogP contribution < -0.4 is 21.0 Å². The van der Waals surface area contributed by atoms with Crippen molar-refractivity contribution in [2.45, 2.75) is 63.2 Å². The lowest BCUT2D eigenvalue weighted by molar-refractivity contribution is -0.193. The third-order valence-electron chi connectivity index (χ3n) is 6.51. The molecule has 5 atom stereocenters. The Morgan fingerprint density at radius 1 is 1.20 bits per heavy atom. The minimum absolute atomic E-state index is 0.138. The molecule has 0 bridgehead atoms. The van der Waals surface area contributed by atoms with Crippen molar-refractivity contribution >= 4 is 30.3 Å². The lowest BCUT2D eigenvalue weighted by atomic mass is 9.96. The second kappa shape index (κ2) is 12.4. The number of ether oxygens (including phenoxy) is 2. The lowest BCUT2D eigenvalue weighted by Gasteiger charge is -2.32. The van der Waals surface area contributed by atoms with Crippen molar-refractivity contribution in [3.63, 3.8) is 0 Å². The first kappa shape index (κ1) is 33.3. The molecule has 1 aliphatic rings. The van der Waals surface area contributed by atoms with E-state index in [0.717, 1.165) is 5.39 Å². The van der Waals surface area contributed by atoms with Crippen LogP contribution in [0.25, 0.3) is 10.8 Å². The maximum Gasteiger partial charge on any atom is 0.459 e. The van der Waals surface area contributed by atoms with Gasteiger partial charge in [-0.3, -0.25) is 13.9 Å². The standard InChI is InChI=1S/C26H28F5N4O8P/c1-13(2)41-20(36)14(3)34-44(39,43-17-9-8-15-6-4-5-7-16(15)10-17)40-12-25(22(28)29)21(37)26(30,31)23(42-25)35-11-18(27)19(32)33-24(35)38/h4-11,13-14,21-23,37H,12H2,1-3H3,(H,34,39)(H2,32,33,38)/t14-,21+,23+,25+,44?/m0/s1. The van der Waals surface area contributed by atoms with Gasteiger partial charge < -0.3 is 24.8 Å². The molecule has 44 heavy (non-hydrogen) atoms. The Morgan fingerprint density at radius 3 is 2.50 bits per heavy atom. The number of carbonyl (C=O) groups is 1. The highest BCUT2D eigenvalue weighted by atomic mass is 31.2. The Bertz CT molecular complexity index is 1640. The zero-order valence-electron chi connectivity index (χ0n) is 23.3. The van der Waals surface area contributed by atoms with Gasteiger partial charge >= 0.3 is 25.3 Å². The summed E-state index contributed by atoms with van der Waals surface area (Å²) in [5.41, 5.74) is -0.0967. The van der Waals surface area contributed by atoms with Gasteiger partial charge in [0, 0.05) is 0 Å². The average Bonchev–Trinajstić information content (AvgIpc) is 3.15. The molecule has 2 heterocycles. The van der Waals surface area contributed by atoms with Gasteiger partial charge in [0.25, 0.3) is 6.43 Å². The lowest BCUT2D eigenvalue weighted by Crippen LogP contribution is -2.54. The smallest absolute Gasteiger partial charge is 0.459 e. The van der Waals surface area contributed by atoms with Gasteiger partial charge in [-0.2, -0.15) is 18.9 Å². The third-order valence-corrected chi connectivity index (χ3v) is 8.13. The number of anilines is 1. The van der Waals surface area contributed by atoms with E-state index in [1.165, 1.54) is 32.9 Å². The normalized spacial score (nSPS) is 23.5. The third kappa shape index (κ3) is 6.56. The van der Waals surface area contributed by atoms with E-state index in [-0.39, 0.29) is 16.5 Å². The fraction of sp³-hybridized carbons (Fsp3) is 0.423. The molecule has 2 aromatic carbocycles. The minimum Gasteiger partial charge on any atom is -0.462 e. The quantitative estimate of drug-likeness (QED) is 0.157. The van der Waals surface area contributed by atoms with E-state index in [2.05, 4.69) is 10.1 Å². The van der Waals surface area contributed by atoms with Crippen molar-refractivity contribution in [1.82, 2.24) is 14.6 Å². The number of nitrogens with two attached hydrogens (primary N) is 1. The van der Waals surface area contributed by atoms with Crippen LogP contribution in [-0.2, 0) is 23.4 Å². The summed E-state index contributed by atoms with van der Waals surface area (Å²) in [5, 5.41) is 14.0. The van der Waals surface area contributed by atoms with Crippen LogP contribution in [0.5, 0.6) is 5.75 Å². The molecule has 0 aliphatic carbocycles. The van der Waals surface area contributed by atoms with E-state index >= 15 is 8.78 Å². The summed E-state index contributed by atoms with van der Waals surface area (Å²) in [6.45, 7) is 2.51. The molecule has 4 rings (SSSR count). The fourth-order valence-corrected chi connectivity index (χ4v) is 5.81. The first-order valence-corrected chi connectivity index (χ1v) is 14.5. The van der Waals surface area contributed by atoms with Crippen LogP contribution in [0.4, 0.5) is 27.8 Å². The minimum atomic E-state index is -4.97. The van der Waals surface area contributed by atoms with Crippen molar-refractivity contribution < 1.29 is 54.9 Å². The van der Waals surface area contributed by atoms with Crippen LogP contribution in [0.15, 0.2) is 53.5 Å². The number of esters is 1. The Hall–Kier alpha value is -3.63. The van der Waals surface area contributed by atoms with Crippen molar-refractivity contribution in [3.8, 4) is 5.75 Å². The summed E-state index contributed by atoms with van der Waals surface area (Å²) in [6, 6.07) is 9.76. The van der Waals surface area contributed by atoms with E-state index in [1.807, 2.05) is 0 Å². The van der Waals surface area contributed by atoms with Crippen LogP contribution in [0.1, 0.15) is 27.0 Å². The highest BCUT2D eigenvalue weighted by molar-refractivity contribution is 7.52.